The van der Waals surface area contributed by atoms with E-state index in [2.05, 4.69) is 0 Å². The van der Waals surface area contributed by atoms with Crippen molar-refractivity contribution in [2.24, 2.45) is 0 Å². The van der Waals surface area contributed by atoms with Crippen LogP contribution in [0.15, 0.2) is 42.5 Å². The van der Waals surface area contributed by atoms with Crippen LogP contribution in [0.1, 0.15) is 41.1 Å². The third kappa shape index (κ3) is 3.75. The molecule has 1 aliphatic rings. The van der Waals surface area contributed by atoms with Crippen LogP contribution in [0.2, 0.25) is 5.02 Å². The highest BCUT2D eigenvalue weighted by Gasteiger charge is 2.25. The van der Waals surface area contributed by atoms with Gasteiger partial charge >= 0.3 is 0 Å². The van der Waals surface area contributed by atoms with Gasteiger partial charge < -0.3 is 4.90 Å². The van der Waals surface area contributed by atoms with Gasteiger partial charge in [0.25, 0.3) is 5.91 Å². The Morgan fingerprint density at radius 3 is 2.54 bits per heavy atom. The fourth-order valence-electron chi connectivity index (χ4n) is 3.17. The first-order valence-corrected chi connectivity index (χ1v) is 8.42. The SMILES string of the molecule is O=C(c1ccc(F)cc1F)N1CCCCC(c2ccc(Cl)cc2)C1. The highest BCUT2D eigenvalue weighted by Crippen LogP contribution is 2.28. The zero-order chi connectivity index (χ0) is 17.1. The normalized spacial score (nSPS) is 18.3. The number of carbonyl (C=O) groups is 1. The summed E-state index contributed by atoms with van der Waals surface area (Å²) in [5.74, 6) is -1.68. The highest BCUT2D eigenvalue weighted by molar-refractivity contribution is 6.30. The highest BCUT2D eigenvalue weighted by atomic mass is 35.5. The summed E-state index contributed by atoms with van der Waals surface area (Å²) in [6, 6.07) is 10.7. The van der Waals surface area contributed by atoms with Gasteiger partial charge in [0.1, 0.15) is 11.6 Å². The second-order valence-corrected chi connectivity index (χ2v) is 6.56. The molecule has 0 radical (unpaired) electrons. The van der Waals surface area contributed by atoms with Crippen LogP contribution in [0.25, 0.3) is 0 Å². The van der Waals surface area contributed by atoms with Crippen LogP contribution in [-0.2, 0) is 0 Å². The molecule has 1 saturated heterocycles. The van der Waals surface area contributed by atoms with Crippen LogP contribution < -0.4 is 0 Å². The van der Waals surface area contributed by atoms with E-state index in [0.29, 0.717) is 18.1 Å². The molecule has 1 fully saturated rings. The molecule has 1 unspecified atom stereocenters. The molecule has 1 heterocycles. The summed E-state index contributed by atoms with van der Waals surface area (Å²) in [5.41, 5.74) is 1.05. The molecule has 0 spiro atoms. The fraction of sp³-hybridized carbons (Fsp3) is 0.316. The number of halogens is 3. The van der Waals surface area contributed by atoms with Crippen LogP contribution in [-0.4, -0.2) is 23.9 Å². The minimum absolute atomic E-state index is 0.0758. The number of likely N-dealkylation sites (tertiary alicyclic amines) is 1. The molecule has 126 valence electrons. The van der Waals surface area contributed by atoms with Gasteiger partial charge in [0, 0.05) is 30.1 Å². The molecule has 1 amide bonds. The van der Waals surface area contributed by atoms with Gasteiger partial charge in [0.2, 0.25) is 0 Å². The van der Waals surface area contributed by atoms with Crippen molar-refractivity contribution >= 4 is 17.5 Å². The number of amides is 1. The molecule has 1 aliphatic heterocycles. The maximum absolute atomic E-state index is 13.9. The Hall–Kier alpha value is -1.94. The van der Waals surface area contributed by atoms with Crippen LogP contribution in [0.5, 0.6) is 0 Å². The smallest absolute Gasteiger partial charge is 0.256 e. The molecule has 2 nitrogen and oxygen atoms in total. The van der Waals surface area contributed by atoms with Gasteiger partial charge in [-0.15, -0.1) is 0 Å². The molecule has 0 bridgehead atoms. The average molecular weight is 350 g/mol. The summed E-state index contributed by atoms with van der Waals surface area (Å²) in [6.07, 6.45) is 2.85. The quantitative estimate of drug-likeness (QED) is 0.744. The van der Waals surface area contributed by atoms with Gasteiger partial charge in [-0.3, -0.25) is 4.79 Å². The van der Waals surface area contributed by atoms with Crippen molar-refractivity contribution in [2.45, 2.75) is 25.2 Å². The molecule has 1 atom stereocenters. The van der Waals surface area contributed by atoms with E-state index in [1.54, 1.807) is 4.90 Å². The third-order valence-corrected chi connectivity index (χ3v) is 4.71. The zero-order valence-electron chi connectivity index (χ0n) is 13.1. The minimum atomic E-state index is -0.813. The van der Waals surface area contributed by atoms with E-state index in [0.717, 1.165) is 37.0 Å². The van der Waals surface area contributed by atoms with Gasteiger partial charge in [0.15, 0.2) is 0 Å². The number of benzene rings is 2. The largest absolute Gasteiger partial charge is 0.338 e. The molecule has 0 aromatic heterocycles. The molecular weight excluding hydrogens is 332 g/mol. The van der Waals surface area contributed by atoms with Crippen LogP contribution in [0.3, 0.4) is 0 Å². The fourth-order valence-corrected chi connectivity index (χ4v) is 3.29. The Kier molecular flexibility index (Phi) is 5.14. The van der Waals surface area contributed by atoms with E-state index in [4.69, 9.17) is 11.6 Å². The summed E-state index contributed by atoms with van der Waals surface area (Å²) >= 11 is 5.94. The summed E-state index contributed by atoms with van der Waals surface area (Å²) in [5, 5.41) is 0.675. The second-order valence-electron chi connectivity index (χ2n) is 6.12. The maximum Gasteiger partial charge on any atom is 0.256 e. The summed E-state index contributed by atoms with van der Waals surface area (Å²) in [6.45, 7) is 1.11. The van der Waals surface area contributed by atoms with Crippen molar-refractivity contribution < 1.29 is 13.6 Å². The summed E-state index contributed by atoms with van der Waals surface area (Å²) < 4.78 is 27.0. The van der Waals surface area contributed by atoms with E-state index in [9.17, 15) is 13.6 Å². The van der Waals surface area contributed by atoms with Crippen molar-refractivity contribution in [3.8, 4) is 0 Å². The number of rotatable bonds is 2. The molecule has 0 aliphatic carbocycles. The minimum Gasteiger partial charge on any atom is -0.338 e. The van der Waals surface area contributed by atoms with Crippen molar-refractivity contribution in [3.05, 3.63) is 70.2 Å². The van der Waals surface area contributed by atoms with Crippen LogP contribution >= 0.6 is 11.6 Å². The number of nitrogens with zero attached hydrogens (tertiary/aromatic N) is 1. The van der Waals surface area contributed by atoms with Crippen LogP contribution in [0.4, 0.5) is 8.78 Å². The van der Waals surface area contributed by atoms with Crippen molar-refractivity contribution in [3.63, 3.8) is 0 Å². The van der Waals surface area contributed by atoms with Crippen molar-refractivity contribution in [2.75, 3.05) is 13.1 Å². The van der Waals surface area contributed by atoms with Gasteiger partial charge in [-0.25, -0.2) is 8.78 Å². The van der Waals surface area contributed by atoms with Crippen molar-refractivity contribution in [1.82, 2.24) is 4.90 Å². The molecule has 0 saturated carbocycles. The Morgan fingerprint density at radius 2 is 1.83 bits per heavy atom. The molecular formula is C19H18ClF2NO. The van der Waals surface area contributed by atoms with Gasteiger partial charge in [0.05, 0.1) is 5.56 Å². The van der Waals surface area contributed by atoms with E-state index < -0.39 is 11.6 Å². The Morgan fingerprint density at radius 1 is 1.08 bits per heavy atom. The average Bonchev–Trinajstić information content (AvgIpc) is 2.81. The number of carbonyl (C=O) groups excluding carboxylic acids is 1. The molecule has 2 aromatic rings. The van der Waals surface area contributed by atoms with E-state index in [1.165, 1.54) is 6.07 Å². The van der Waals surface area contributed by atoms with Gasteiger partial charge in [-0.05, 0) is 42.7 Å². The van der Waals surface area contributed by atoms with E-state index in [1.807, 2.05) is 24.3 Å². The maximum atomic E-state index is 13.9. The number of hydrogen-bond donors (Lipinski definition) is 0. The number of hydrogen-bond acceptors (Lipinski definition) is 1. The molecule has 24 heavy (non-hydrogen) atoms. The van der Waals surface area contributed by atoms with E-state index >= 15 is 0 Å². The van der Waals surface area contributed by atoms with E-state index in [-0.39, 0.29) is 17.4 Å². The first-order valence-electron chi connectivity index (χ1n) is 8.04. The monoisotopic (exact) mass is 349 g/mol. The standard InChI is InChI=1S/C19H18ClF2NO/c20-15-6-4-13(5-7-15)14-3-1-2-10-23(12-14)19(24)17-9-8-16(21)11-18(17)22/h4-9,11,14H,1-3,10,12H2. The molecule has 3 rings (SSSR count). The lowest BCUT2D eigenvalue weighted by Crippen LogP contribution is -2.34. The predicted octanol–water partition coefficient (Wildman–Crippen LogP) is 5.03. The second kappa shape index (κ2) is 7.31. The molecule has 0 N–H and O–H groups in total. The van der Waals surface area contributed by atoms with Crippen LogP contribution in [0, 0.1) is 11.6 Å². The molecule has 2 aromatic carbocycles. The third-order valence-electron chi connectivity index (χ3n) is 4.46. The Balaban J connectivity index is 1.81. The summed E-state index contributed by atoms with van der Waals surface area (Å²) in [4.78, 5) is 14.3. The predicted molar refractivity (Wildman–Crippen MR) is 90.3 cm³/mol. The summed E-state index contributed by atoms with van der Waals surface area (Å²) in [7, 11) is 0. The Labute approximate surface area is 145 Å². The molecule has 5 heteroatoms. The lowest BCUT2D eigenvalue weighted by molar-refractivity contribution is 0.0749. The lowest BCUT2D eigenvalue weighted by Gasteiger charge is -2.25. The first-order chi connectivity index (χ1) is 11.5. The zero-order valence-corrected chi connectivity index (χ0v) is 13.9. The van der Waals surface area contributed by atoms with Gasteiger partial charge in [-0.1, -0.05) is 30.2 Å². The lowest BCUT2D eigenvalue weighted by atomic mass is 9.94. The Bertz CT molecular complexity index is 733. The first kappa shape index (κ1) is 16.9. The van der Waals surface area contributed by atoms with Crippen molar-refractivity contribution in [1.29, 1.82) is 0 Å². The van der Waals surface area contributed by atoms with Gasteiger partial charge in [-0.2, -0.15) is 0 Å². The topological polar surface area (TPSA) is 20.3 Å².